The van der Waals surface area contributed by atoms with Gasteiger partial charge in [-0.15, -0.1) is 0 Å². The zero-order valence-electron chi connectivity index (χ0n) is 17.6. The van der Waals surface area contributed by atoms with Crippen LogP contribution in [-0.4, -0.2) is 15.5 Å². The second-order valence-corrected chi connectivity index (χ2v) is 8.51. The van der Waals surface area contributed by atoms with E-state index in [1.807, 2.05) is 42.5 Å². The minimum Gasteiger partial charge on any atom is -0.494 e. The number of benzene rings is 2. The lowest BCUT2D eigenvalue weighted by Gasteiger charge is -2.20. The van der Waals surface area contributed by atoms with Gasteiger partial charge in [0.1, 0.15) is 17.2 Å². The first-order valence-electron chi connectivity index (χ1n) is 9.92. The summed E-state index contributed by atoms with van der Waals surface area (Å²) in [6, 6.07) is 15.8. The average Bonchev–Trinajstić information content (AvgIpc) is 3.10. The van der Waals surface area contributed by atoms with Crippen molar-refractivity contribution in [3.63, 3.8) is 0 Å². The Kier molecular flexibility index (Phi) is 5.49. The molecule has 0 fully saturated rings. The Bertz CT molecular complexity index is 1480. The average molecular weight is 491 g/mol. The van der Waals surface area contributed by atoms with Crippen LogP contribution in [0.2, 0.25) is 0 Å². The lowest BCUT2D eigenvalue weighted by Crippen LogP contribution is -2.29. The highest BCUT2D eigenvalue weighted by Crippen LogP contribution is 2.34. The van der Waals surface area contributed by atoms with Crippen molar-refractivity contribution in [3.8, 4) is 11.9 Å². The van der Waals surface area contributed by atoms with Crippen molar-refractivity contribution in [1.82, 2.24) is 4.57 Å². The van der Waals surface area contributed by atoms with Gasteiger partial charge in [-0.1, -0.05) is 46.3 Å². The van der Waals surface area contributed by atoms with Gasteiger partial charge in [-0.2, -0.15) is 5.26 Å². The number of aromatic hydroxyl groups is 1. The molecule has 2 aromatic heterocycles. The number of aryl methyl sites for hydroxylation is 1. The van der Waals surface area contributed by atoms with E-state index in [0.29, 0.717) is 11.1 Å². The van der Waals surface area contributed by atoms with E-state index in [9.17, 15) is 20.0 Å². The molecular weight excluding hydrogens is 472 g/mol. The predicted octanol–water partition coefficient (Wildman–Crippen LogP) is 5.39. The molecule has 0 spiro atoms. The molecular formula is C25H19BrN2O4. The molecule has 0 radical (unpaired) electrons. The maximum atomic E-state index is 13.6. The number of carbonyl (C=O) groups is 1. The number of ketones is 1. The maximum absolute atomic E-state index is 13.6. The highest BCUT2D eigenvalue weighted by Gasteiger charge is 2.30. The lowest BCUT2D eigenvalue weighted by atomic mass is 9.97. The van der Waals surface area contributed by atoms with Gasteiger partial charge in [0.2, 0.25) is 11.7 Å². The molecule has 32 heavy (non-hydrogen) atoms. The number of nitriles is 1. The summed E-state index contributed by atoms with van der Waals surface area (Å²) in [5.41, 5.74) is 1.05. The van der Waals surface area contributed by atoms with Crippen LogP contribution in [0.4, 0.5) is 0 Å². The number of aromatic nitrogens is 1. The van der Waals surface area contributed by atoms with Crippen LogP contribution in [0.15, 0.2) is 62.2 Å². The van der Waals surface area contributed by atoms with Gasteiger partial charge in [-0.25, -0.2) is 0 Å². The van der Waals surface area contributed by atoms with E-state index < -0.39 is 23.3 Å². The zero-order valence-corrected chi connectivity index (χ0v) is 19.2. The summed E-state index contributed by atoms with van der Waals surface area (Å²) < 4.78 is 7.74. The van der Waals surface area contributed by atoms with Crippen LogP contribution < -0.4 is 5.56 Å². The molecule has 0 aliphatic rings. The van der Waals surface area contributed by atoms with Crippen LogP contribution in [0.3, 0.4) is 0 Å². The molecule has 0 saturated carbocycles. The van der Waals surface area contributed by atoms with Gasteiger partial charge >= 0.3 is 0 Å². The zero-order chi connectivity index (χ0) is 23.2. The molecule has 1 atom stereocenters. The summed E-state index contributed by atoms with van der Waals surface area (Å²) in [6.07, 6.45) is 0. The first-order valence-corrected chi connectivity index (χ1v) is 10.7. The van der Waals surface area contributed by atoms with Crippen molar-refractivity contribution in [2.24, 2.45) is 0 Å². The third-order valence-electron chi connectivity index (χ3n) is 5.75. The maximum Gasteiger partial charge on any atom is 0.272 e. The monoisotopic (exact) mass is 490 g/mol. The standard InChI is InChI=1S/C25H19BrN2O4/c1-13-19(12-27)24(30)28(15(3)16-7-5-4-6-8-16)25(31)21(13)22(29)23-14(2)18-11-17(26)9-10-20(18)32-23/h4-11,15,31H,1-3H3. The summed E-state index contributed by atoms with van der Waals surface area (Å²) in [5.74, 6) is -1.03. The smallest absolute Gasteiger partial charge is 0.272 e. The van der Waals surface area contributed by atoms with Crippen molar-refractivity contribution in [3.05, 3.63) is 96.9 Å². The molecule has 0 amide bonds. The van der Waals surface area contributed by atoms with E-state index in [1.54, 1.807) is 26.0 Å². The molecule has 160 valence electrons. The molecule has 0 saturated heterocycles. The fourth-order valence-corrected chi connectivity index (χ4v) is 4.32. The van der Waals surface area contributed by atoms with Crippen molar-refractivity contribution in [2.75, 3.05) is 0 Å². The predicted molar refractivity (Wildman–Crippen MR) is 124 cm³/mol. The summed E-state index contributed by atoms with van der Waals surface area (Å²) in [6.45, 7) is 4.97. The summed E-state index contributed by atoms with van der Waals surface area (Å²) in [7, 11) is 0. The minimum atomic E-state index is -0.652. The fraction of sp³-hybridized carbons (Fsp3) is 0.160. The van der Waals surface area contributed by atoms with Crippen LogP contribution in [0.1, 0.15) is 51.3 Å². The van der Waals surface area contributed by atoms with Crippen molar-refractivity contribution in [2.45, 2.75) is 26.8 Å². The third-order valence-corrected chi connectivity index (χ3v) is 6.24. The quantitative estimate of drug-likeness (QED) is 0.386. The normalized spacial score (nSPS) is 12.0. The topological polar surface area (TPSA) is 96.2 Å². The Morgan fingerprint density at radius 3 is 2.50 bits per heavy atom. The number of rotatable bonds is 4. The highest BCUT2D eigenvalue weighted by atomic mass is 79.9. The van der Waals surface area contributed by atoms with Gasteiger partial charge in [0.15, 0.2) is 5.76 Å². The van der Waals surface area contributed by atoms with Crippen LogP contribution in [-0.2, 0) is 0 Å². The number of halogens is 1. The van der Waals surface area contributed by atoms with Crippen molar-refractivity contribution < 1.29 is 14.3 Å². The van der Waals surface area contributed by atoms with Crippen molar-refractivity contribution >= 4 is 32.7 Å². The Morgan fingerprint density at radius 1 is 1.16 bits per heavy atom. The SMILES string of the molecule is Cc1c(C(=O)c2oc3ccc(Br)cc3c2C)c(O)n(C(C)c2ccccc2)c(=O)c1C#N. The van der Waals surface area contributed by atoms with E-state index >= 15 is 0 Å². The fourth-order valence-electron chi connectivity index (χ4n) is 3.96. The van der Waals surface area contributed by atoms with Crippen LogP contribution in [0, 0.1) is 25.2 Å². The number of hydrogen-bond acceptors (Lipinski definition) is 5. The molecule has 0 bridgehead atoms. The van der Waals surface area contributed by atoms with E-state index in [2.05, 4.69) is 15.9 Å². The van der Waals surface area contributed by atoms with Gasteiger partial charge in [-0.05, 0) is 50.1 Å². The van der Waals surface area contributed by atoms with Crippen molar-refractivity contribution in [1.29, 1.82) is 5.26 Å². The molecule has 0 aliphatic heterocycles. The molecule has 4 aromatic rings. The highest BCUT2D eigenvalue weighted by molar-refractivity contribution is 9.10. The molecule has 2 aromatic carbocycles. The Labute approximate surface area is 192 Å². The number of fused-ring (bicyclic) bond motifs is 1. The van der Waals surface area contributed by atoms with Gasteiger partial charge in [0.05, 0.1) is 11.6 Å². The molecule has 1 N–H and O–H groups in total. The largest absolute Gasteiger partial charge is 0.494 e. The molecule has 0 aliphatic carbocycles. The van der Waals surface area contributed by atoms with Gasteiger partial charge in [-0.3, -0.25) is 14.2 Å². The van der Waals surface area contributed by atoms with E-state index in [1.165, 1.54) is 6.92 Å². The first kappa shape index (κ1) is 21.6. The third kappa shape index (κ3) is 3.33. The summed E-state index contributed by atoms with van der Waals surface area (Å²) in [4.78, 5) is 26.6. The van der Waals surface area contributed by atoms with E-state index in [0.717, 1.165) is 20.0 Å². The summed E-state index contributed by atoms with van der Waals surface area (Å²) in [5, 5.41) is 21.5. The Hall–Kier alpha value is -3.63. The minimum absolute atomic E-state index is 0.0537. The number of hydrogen-bond donors (Lipinski definition) is 1. The van der Waals surface area contributed by atoms with E-state index in [4.69, 9.17) is 4.42 Å². The summed E-state index contributed by atoms with van der Waals surface area (Å²) >= 11 is 3.41. The van der Waals surface area contributed by atoms with Gasteiger partial charge in [0.25, 0.3) is 5.56 Å². The van der Waals surface area contributed by atoms with Gasteiger partial charge < -0.3 is 9.52 Å². The lowest BCUT2D eigenvalue weighted by molar-refractivity contribution is 0.100. The Morgan fingerprint density at radius 2 is 1.84 bits per heavy atom. The molecule has 7 heteroatoms. The molecule has 2 heterocycles. The van der Waals surface area contributed by atoms with Crippen LogP contribution >= 0.6 is 15.9 Å². The van der Waals surface area contributed by atoms with Crippen LogP contribution in [0.25, 0.3) is 11.0 Å². The number of carbonyl (C=O) groups excluding carboxylic acids is 1. The number of pyridine rings is 1. The molecule has 4 rings (SSSR count). The van der Waals surface area contributed by atoms with Crippen LogP contribution in [0.5, 0.6) is 5.88 Å². The second kappa shape index (κ2) is 8.13. The molecule has 6 nitrogen and oxygen atoms in total. The number of nitrogens with zero attached hydrogens (tertiary/aromatic N) is 2. The first-order chi connectivity index (χ1) is 15.3. The van der Waals surface area contributed by atoms with Gasteiger partial charge in [0, 0.05) is 15.4 Å². The Balaban J connectivity index is 1.97. The second-order valence-electron chi connectivity index (χ2n) is 7.60. The van der Waals surface area contributed by atoms with E-state index in [-0.39, 0.29) is 22.5 Å². The molecule has 1 unspecified atom stereocenters. The number of furan rings is 1.